The number of halogens is 1. The van der Waals surface area contributed by atoms with E-state index < -0.39 is 10.0 Å². The van der Waals surface area contributed by atoms with E-state index in [1.165, 1.54) is 11.4 Å². The molecule has 1 aromatic rings. The highest BCUT2D eigenvalue weighted by molar-refractivity contribution is 7.89. The minimum Gasteiger partial charge on any atom is -0.477 e. The average molecular weight is 393 g/mol. The molecule has 11 heteroatoms. The van der Waals surface area contributed by atoms with Gasteiger partial charge in [-0.05, 0) is 0 Å². The maximum absolute atomic E-state index is 12.7. The molecule has 1 fully saturated rings. The molecule has 0 saturated carbocycles. The van der Waals surface area contributed by atoms with Gasteiger partial charge in [-0.15, -0.1) is 0 Å². The highest BCUT2D eigenvalue weighted by Gasteiger charge is 2.32. The summed E-state index contributed by atoms with van der Waals surface area (Å²) in [4.78, 5) is 14.3. The molecule has 0 aliphatic carbocycles. The Balaban J connectivity index is 1.65. The highest BCUT2D eigenvalue weighted by atomic mass is 35.5. The number of piperazine rings is 1. The molecular formula is C14H21ClN4O5S. The van der Waals surface area contributed by atoms with Gasteiger partial charge in [0.2, 0.25) is 15.9 Å². The number of carbonyl (C=O) groups excluding carboxylic acids is 1. The summed E-state index contributed by atoms with van der Waals surface area (Å²) in [5, 5.41) is 4.48. The van der Waals surface area contributed by atoms with Crippen molar-refractivity contribution in [3.05, 3.63) is 10.7 Å². The van der Waals surface area contributed by atoms with Crippen LogP contribution >= 0.6 is 11.6 Å². The molecule has 0 bridgehead atoms. The van der Waals surface area contributed by atoms with Gasteiger partial charge >= 0.3 is 0 Å². The molecule has 2 aliphatic heterocycles. The monoisotopic (exact) mass is 392 g/mol. The topological polar surface area (TPSA) is 94.0 Å². The number of aryl methyl sites for hydroxylation is 1. The molecular weight excluding hydrogens is 372 g/mol. The van der Waals surface area contributed by atoms with Gasteiger partial charge in [-0.3, -0.25) is 4.79 Å². The Morgan fingerprint density at radius 2 is 2.00 bits per heavy atom. The van der Waals surface area contributed by atoms with E-state index in [0.717, 1.165) is 6.42 Å². The predicted molar refractivity (Wildman–Crippen MR) is 90.5 cm³/mol. The van der Waals surface area contributed by atoms with Gasteiger partial charge in [-0.1, -0.05) is 11.6 Å². The van der Waals surface area contributed by atoms with Gasteiger partial charge in [0.05, 0.1) is 19.0 Å². The van der Waals surface area contributed by atoms with Crippen LogP contribution in [0.2, 0.25) is 5.02 Å². The van der Waals surface area contributed by atoms with E-state index >= 15 is 0 Å². The van der Waals surface area contributed by atoms with Crippen LogP contribution in [0.15, 0.2) is 0 Å². The van der Waals surface area contributed by atoms with Gasteiger partial charge < -0.3 is 14.4 Å². The maximum atomic E-state index is 12.7. The van der Waals surface area contributed by atoms with Crippen molar-refractivity contribution in [2.75, 3.05) is 52.3 Å². The van der Waals surface area contributed by atoms with Crippen molar-refractivity contribution in [3.63, 3.8) is 0 Å². The number of aromatic nitrogens is 2. The molecule has 0 unspecified atom stereocenters. The van der Waals surface area contributed by atoms with Crippen molar-refractivity contribution < 1.29 is 22.7 Å². The average Bonchev–Trinajstić information content (AvgIpc) is 2.97. The summed E-state index contributed by atoms with van der Waals surface area (Å²) in [7, 11) is -1.90. The van der Waals surface area contributed by atoms with Gasteiger partial charge in [-0.25, -0.2) is 13.1 Å². The number of amides is 1. The summed E-state index contributed by atoms with van der Waals surface area (Å²) in [6.07, 6.45) is 0.816. The van der Waals surface area contributed by atoms with Crippen LogP contribution in [-0.4, -0.2) is 85.6 Å². The minimum absolute atomic E-state index is 0.0611. The summed E-state index contributed by atoms with van der Waals surface area (Å²) >= 11 is 6.24. The summed E-state index contributed by atoms with van der Waals surface area (Å²) in [6.45, 7) is 2.45. The molecule has 25 heavy (non-hydrogen) atoms. The third-order valence-electron chi connectivity index (χ3n) is 4.27. The van der Waals surface area contributed by atoms with Crippen LogP contribution in [-0.2, 0) is 21.3 Å². The molecule has 2 aliphatic rings. The number of rotatable bonds is 5. The van der Waals surface area contributed by atoms with Gasteiger partial charge in [0.15, 0.2) is 5.69 Å². The van der Waals surface area contributed by atoms with Crippen molar-refractivity contribution in [1.29, 1.82) is 0 Å². The minimum atomic E-state index is -3.37. The fourth-order valence-corrected chi connectivity index (χ4v) is 4.50. The van der Waals surface area contributed by atoms with Gasteiger partial charge in [0.1, 0.15) is 5.02 Å². The highest BCUT2D eigenvalue weighted by Crippen LogP contribution is 2.31. The third-order valence-corrected chi connectivity index (χ3v) is 6.45. The molecule has 1 amide bonds. The fourth-order valence-electron chi connectivity index (χ4n) is 2.87. The molecule has 0 aromatic carbocycles. The van der Waals surface area contributed by atoms with Crippen molar-refractivity contribution in [2.24, 2.45) is 0 Å². The lowest BCUT2D eigenvalue weighted by atomic mass is 10.3. The van der Waals surface area contributed by atoms with E-state index in [9.17, 15) is 13.2 Å². The van der Waals surface area contributed by atoms with Crippen LogP contribution in [0.25, 0.3) is 0 Å². The first-order valence-corrected chi connectivity index (χ1v) is 10.1. The maximum Gasteiger partial charge on any atom is 0.276 e. The Hall–Kier alpha value is -1.36. The molecule has 3 rings (SSSR count). The zero-order valence-corrected chi connectivity index (χ0v) is 15.6. The quantitative estimate of drug-likeness (QED) is 0.703. The molecule has 0 atom stereocenters. The molecule has 0 spiro atoms. The zero-order valence-electron chi connectivity index (χ0n) is 14.0. The second kappa shape index (κ2) is 7.48. The largest absolute Gasteiger partial charge is 0.477 e. The van der Waals surface area contributed by atoms with E-state index in [2.05, 4.69) is 5.10 Å². The molecule has 9 nitrogen and oxygen atoms in total. The van der Waals surface area contributed by atoms with Crippen molar-refractivity contribution in [1.82, 2.24) is 19.0 Å². The van der Waals surface area contributed by atoms with Crippen molar-refractivity contribution in [2.45, 2.75) is 13.0 Å². The van der Waals surface area contributed by atoms with Gasteiger partial charge in [-0.2, -0.15) is 9.40 Å². The smallest absolute Gasteiger partial charge is 0.276 e. The predicted octanol–water partition coefficient (Wildman–Crippen LogP) is 0.0530. The number of methoxy groups -OCH3 is 1. The van der Waals surface area contributed by atoms with E-state index in [4.69, 9.17) is 21.1 Å². The number of ether oxygens (including phenoxy) is 2. The Kier molecular flexibility index (Phi) is 5.52. The SMILES string of the molecule is COCCS(=O)(=O)N1CCN(C(=O)c2nn3c(c2Cl)OCCC3)CC1. The van der Waals surface area contributed by atoms with Crippen LogP contribution in [0.5, 0.6) is 5.88 Å². The van der Waals surface area contributed by atoms with Crippen LogP contribution in [0.4, 0.5) is 0 Å². The van der Waals surface area contributed by atoms with E-state index in [-0.39, 0.29) is 42.1 Å². The summed E-state index contributed by atoms with van der Waals surface area (Å²) in [5.74, 6) is 0.0652. The van der Waals surface area contributed by atoms with E-state index in [1.807, 2.05) is 0 Å². The number of hydrogen-bond acceptors (Lipinski definition) is 6. The van der Waals surface area contributed by atoms with Crippen LogP contribution < -0.4 is 4.74 Å². The summed E-state index contributed by atoms with van der Waals surface area (Å²) in [6, 6.07) is 0. The van der Waals surface area contributed by atoms with Crippen molar-refractivity contribution >= 4 is 27.5 Å². The molecule has 1 aromatic heterocycles. The Labute approximate surface area is 151 Å². The second-order valence-electron chi connectivity index (χ2n) is 5.89. The van der Waals surface area contributed by atoms with Gasteiger partial charge in [0.25, 0.3) is 5.91 Å². The Bertz CT molecular complexity index is 743. The first-order chi connectivity index (χ1) is 11.9. The van der Waals surface area contributed by atoms with E-state index in [0.29, 0.717) is 32.1 Å². The Morgan fingerprint density at radius 3 is 2.64 bits per heavy atom. The lowest BCUT2D eigenvalue weighted by Gasteiger charge is -2.33. The molecule has 3 heterocycles. The number of hydrogen-bond donors (Lipinski definition) is 0. The van der Waals surface area contributed by atoms with Crippen LogP contribution in [0.3, 0.4) is 0 Å². The lowest BCUT2D eigenvalue weighted by molar-refractivity contribution is 0.0690. The molecule has 0 N–H and O–H groups in total. The normalized spacial score (nSPS) is 18.7. The number of carbonyl (C=O) groups is 1. The van der Waals surface area contributed by atoms with E-state index in [1.54, 1.807) is 9.58 Å². The summed E-state index contributed by atoms with van der Waals surface area (Å²) in [5.41, 5.74) is 0.161. The number of sulfonamides is 1. The number of nitrogens with zero attached hydrogens (tertiary/aromatic N) is 4. The fraction of sp³-hybridized carbons (Fsp3) is 0.714. The van der Waals surface area contributed by atoms with Gasteiger partial charge in [0, 0.05) is 46.3 Å². The first-order valence-electron chi connectivity index (χ1n) is 8.09. The third kappa shape index (κ3) is 3.76. The molecule has 0 radical (unpaired) electrons. The van der Waals surface area contributed by atoms with Crippen LogP contribution in [0.1, 0.15) is 16.9 Å². The van der Waals surface area contributed by atoms with Crippen molar-refractivity contribution in [3.8, 4) is 5.88 Å². The molecule has 140 valence electrons. The standard InChI is InChI=1S/C14H21ClN4O5S/c1-23-9-10-25(21,22)18-6-4-17(5-7-18)13(20)12-11(15)14-19(16-12)3-2-8-24-14/h2-10H2,1H3. The number of fused-ring (bicyclic) bond motifs is 1. The lowest BCUT2D eigenvalue weighted by Crippen LogP contribution is -2.51. The zero-order chi connectivity index (χ0) is 18.0. The Morgan fingerprint density at radius 1 is 1.28 bits per heavy atom. The second-order valence-corrected chi connectivity index (χ2v) is 8.36. The van der Waals surface area contributed by atoms with Crippen LogP contribution in [0, 0.1) is 0 Å². The summed E-state index contributed by atoms with van der Waals surface area (Å²) < 4.78 is 37.6. The molecule has 1 saturated heterocycles. The first kappa shape index (κ1) is 18.4.